The van der Waals surface area contributed by atoms with Gasteiger partial charge in [-0.2, -0.15) is 0 Å². The number of piperidine rings is 1. The van der Waals surface area contributed by atoms with Crippen LogP contribution in [0.2, 0.25) is 0 Å². The van der Waals surface area contributed by atoms with Gasteiger partial charge in [-0.1, -0.05) is 71.0 Å². The minimum absolute atomic E-state index is 0.00280. The van der Waals surface area contributed by atoms with Gasteiger partial charge in [-0.3, -0.25) is 29.3 Å². The lowest BCUT2D eigenvalue weighted by Gasteiger charge is -2.36. The zero-order valence-corrected chi connectivity index (χ0v) is 41.7. The zero-order valence-electron chi connectivity index (χ0n) is 41.7. The van der Waals surface area contributed by atoms with Gasteiger partial charge >= 0.3 is 11.8 Å². The molecule has 1 spiro atoms. The number of likely N-dealkylation sites (tertiary alicyclic amines) is 1. The average Bonchev–Trinajstić information content (AvgIpc) is 3.97. The third kappa shape index (κ3) is 9.23. The van der Waals surface area contributed by atoms with E-state index in [4.69, 9.17) is 24.2 Å². The van der Waals surface area contributed by atoms with Crippen LogP contribution in [0.3, 0.4) is 0 Å². The van der Waals surface area contributed by atoms with Gasteiger partial charge in [-0.05, 0) is 68.6 Å². The van der Waals surface area contributed by atoms with E-state index in [1.807, 2.05) is 39.0 Å². The van der Waals surface area contributed by atoms with Gasteiger partial charge < -0.3 is 44.7 Å². The standard InChI is InChI=1S/C55H68N6O9/c1-30(2)27-60-24-21-55(22-25-60)58-45-42-43-48(64)35(7)51-44(42)52(66)54(8,70-51)68-26-12-15-32(4)50(69-41(63)29-61-23-20-39-37(28-61)36-16-9-10-17-38(36)56-39)34(6)40(62)19-18-31(3)13-11-14-33(5)53(67)57-47(49(43)65)46(45)59-55/h9-14,16-17,26,30-32,34,40,50,56,62,64-65H,15,18-25,27-29H2,1-8H3,(H,57,67)/b13-11+,26-12+,33-14-/t31?,32-,34-,40?,50?,54?/m1/s1. The fourth-order valence-corrected chi connectivity index (χ4v) is 11.0. The van der Waals surface area contributed by atoms with E-state index >= 15 is 0 Å². The second kappa shape index (κ2) is 19.3. The Morgan fingerprint density at radius 2 is 1.73 bits per heavy atom. The van der Waals surface area contributed by atoms with Crippen LogP contribution in [0.4, 0.5) is 5.69 Å². The number of esters is 1. The highest BCUT2D eigenvalue weighted by Gasteiger charge is 2.50. The quantitative estimate of drug-likeness (QED) is 0.0986. The van der Waals surface area contributed by atoms with E-state index in [0.29, 0.717) is 56.7 Å². The maximum Gasteiger partial charge on any atom is 0.320 e. The lowest BCUT2D eigenvalue weighted by Crippen LogP contribution is -2.43. The Balaban J connectivity index is 1.04. The van der Waals surface area contributed by atoms with Crippen LogP contribution in [0.5, 0.6) is 17.2 Å². The Morgan fingerprint density at radius 3 is 2.49 bits per heavy atom. The normalized spacial score (nSPS) is 28.1. The number of ketones is 1. The first-order valence-corrected chi connectivity index (χ1v) is 25.0. The summed E-state index contributed by atoms with van der Waals surface area (Å²) in [6.45, 7) is 18.8. The number of amides is 1. The van der Waals surface area contributed by atoms with Crippen molar-refractivity contribution in [2.45, 2.75) is 124 Å². The molecule has 10 rings (SSSR count). The monoisotopic (exact) mass is 957 g/mol. The van der Waals surface area contributed by atoms with Crippen molar-refractivity contribution in [3.8, 4) is 17.2 Å². The summed E-state index contributed by atoms with van der Waals surface area (Å²) in [6.07, 6.45) is 10.5. The molecule has 4 unspecified atom stereocenters. The number of H-pyrrole nitrogens is 1. The zero-order chi connectivity index (χ0) is 49.8. The average molecular weight is 957 g/mol. The van der Waals surface area contributed by atoms with E-state index in [1.54, 1.807) is 32.1 Å². The predicted octanol–water partition coefficient (Wildman–Crippen LogP) is 7.43. The van der Waals surface area contributed by atoms with Crippen LogP contribution in [0.15, 0.2) is 70.4 Å². The number of fused-ring (bicyclic) bond motifs is 16. The van der Waals surface area contributed by atoms with Crippen LogP contribution < -0.4 is 20.8 Å². The smallest absolute Gasteiger partial charge is 0.320 e. The second-order valence-corrected chi connectivity index (χ2v) is 21.0. The molecule has 15 nitrogen and oxygen atoms in total. The number of aliphatic hydroxyl groups is 1. The van der Waals surface area contributed by atoms with Crippen LogP contribution in [0.25, 0.3) is 21.7 Å². The third-order valence-corrected chi connectivity index (χ3v) is 15.2. The number of hydrogen-bond acceptors (Lipinski definition) is 13. The van der Waals surface area contributed by atoms with E-state index in [1.165, 1.54) is 24.4 Å². The molecule has 6 aliphatic heterocycles. The maximum absolute atomic E-state index is 14.8. The molecule has 1 fully saturated rings. The topological polar surface area (TPSA) is 199 Å². The number of aromatic amines is 1. The molecule has 4 aromatic rings. The molecule has 6 aliphatic rings. The van der Waals surface area contributed by atoms with Crippen molar-refractivity contribution in [1.29, 1.82) is 0 Å². The molecule has 3 aromatic carbocycles. The first-order chi connectivity index (χ1) is 33.4. The van der Waals surface area contributed by atoms with Gasteiger partial charge in [0, 0.05) is 97.9 Å². The first kappa shape index (κ1) is 49.0. The number of Topliss-reactive ketones (excluding diaryl/α,β-unsaturated/α-hetero) is 1. The number of nitrogens with one attached hydrogen (secondary N) is 2. The van der Waals surface area contributed by atoms with Crippen LogP contribution in [-0.2, 0) is 32.0 Å². The molecule has 372 valence electrons. The van der Waals surface area contributed by atoms with Crippen LogP contribution in [0.1, 0.15) is 108 Å². The van der Waals surface area contributed by atoms with E-state index in [9.17, 15) is 29.7 Å². The number of nitrogens with zero attached hydrogens (tertiary/aromatic N) is 4. The van der Waals surface area contributed by atoms with E-state index in [0.717, 1.165) is 37.0 Å². The van der Waals surface area contributed by atoms with Gasteiger partial charge in [-0.25, -0.2) is 0 Å². The Kier molecular flexibility index (Phi) is 13.5. The lowest BCUT2D eigenvalue weighted by molar-refractivity contribution is -0.159. The van der Waals surface area contributed by atoms with E-state index < -0.39 is 47.0 Å². The van der Waals surface area contributed by atoms with Crippen LogP contribution in [-0.4, -0.2) is 104 Å². The number of anilines is 1. The number of para-hydroxylation sites is 1. The van der Waals surface area contributed by atoms with Gasteiger partial charge in [0.1, 0.15) is 28.6 Å². The molecule has 70 heavy (non-hydrogen) atoms. The number of carbonyl (C=O) groups excluding carboxylic acids is 3. The van der Waals surface area contributed by atoms with Crippen molar-refractivity contribution in [2.75, 3.05) is 38.0 Å². The maximum atomic E-state index is 14.8. The summed E-state index contributed by atoms with van der Waals surface area (Å²) in [4.78, 5) is 61.1. The SMILES string of the molecule is C/C1=C/C=C/C(C)CCC(O)[C@@H](C)C(OC(=O)CN2CCc3[nH]c4ccccc4c3C2)[C@H](C)C/C=C/OC2(C)Oc3c(C)c(O)c4c(O)c(c5c(c4c3C2=O)=NC2(CCN(CC(C)C)CC2)N=5)NC1=O. The summed E-state index contributed by atoms with van der Waals surface area (Å²) in [7, 11) is 0. The van der Waals surface area contributed by atoms with Crippen molar-refractivity contribution in [3.05, 3.63) is 93.5 Å². The first-order valence-electron chi connectivity index (χ1n) is 25.0. The molecule has 5 bridgehead atoms. The summed E-state index contributed by atoms with van der Waals surface area (Å²) in [5, 5.41) is 40.4. The third-order valence-electron chi connectivity index (χ3n) is 15.2. The second-order valence-electron chi connectivity index (χ2n) is 21.0. The molecular weight excluding hydrogens is 889 g/mol. The minimum Gasteiger partial charge on any atom is -0.507 e. The fraction of sp³-hybridized carbons (Fsp3) is 0.509. The molecule has 0 radical (unpaired) electrons. The molecule has 7 heterocycles. The van der Waals surface area contributed by atoms with E-state index in [-0.39, 0.29) is 74.2 Å². The number of carbonyl (C=O) groups is 3. The molecule has 0 saturated carbocycles. The number of phenols is 2. The molecule has 15 heteroatoms. The van der Waals surface area contributed by atoms with Crippen LogP contribution in [0, 0.1) is 30.6 Å². The van der Waals surface area contributed by atoms with E-state index in [2.05, 4.69) is 46.1 Å². The van der Waals surface area contributed by atoms with Gasteiger partial charge in [0.2, 0.25) is 0 Å². The van der Waals surface area contributed by atoms with Crippen molar-refractivity contribution in [3.63, 3.8) is 0 Å². The summed E-state index contributed by atoms with van der Waals surface area (Å²) in [6, 6.07) is 8.20. The molecular formula is C55H68N6O9. The molecule has 5 N–H and O–H groups in total. The Hall–Kier alpha value is -6.03. The molecule has 6 atom stereocenters. The number of hydrogen-bond donors (Lipinski definition) is 5. The number of allylic oxidation sites excluding steroid dienone is 4. The van der Waals surface area contributed by atoms with Crippen molar-refractivity contribution < 1.29 is 43.9 Å². The van der Waals surface area contributed by atoms with Crippen molar-refractivity contribution in [1.82, 2.24) is 14.8 Å². The van der Waals surface area contributed by atoms with Crippen molar-refractivity contribution in [2.24, 2.45) is 33.7 Å². The van der Waals surface area contributed by atoms with Gasteiger partial charge in [0.15, 0.2) is 11.4 Å². The number of aliphatic hydroxyl groups excluding tert-OH is 1. The fourth-order valence-electron chi connectivity index (χ4n) is 11.0. The molecule has 1 saturated heterocycles. The summed E-state index contributed by atoms with van der Waals surface area (Å²) in [5.74, 6) is -4.19. The number of aromatic nitrogens is 1. The molecule has 1 amide bonds. The summed E-state index contributed by atoms with van der Waals surface area (Å²) < 4.78 is 18.9. The summed E-state index contributed by atoms with van der Waals surface area (Å²) in [5.41, 5.74) is 3.17. The number of phenolic OH excluding ortho intramolecular Hbond substituents is 2. The lowest BCUT2D eigenvalue weighted by atomic mass is 9.85. The number of benzene rings is 3. The van der Waals surface area contributed by atoms with Crippen LogP contribution >= 0.6 is 0 Å². The largest absolute Gasteiger partial charge is 0.507 e. The Labute approximate surface area is 409 Å². The predicted molar refractivity (Wildman–Crippen MR) is 267 cm³/mol. The Morgan fingerprint density at radius 1 is 0.986 bits per heavy atom. The van der Waals surface area contributed by atoms with Gasteiger partial charge in [-0.15, -0.1) is 0 Å². The highest BCUT2D eigenvalue weighted by Crippen LogP contribution is 2.50. The highest BCUT2D eigenvalue weighted by atomic mass is 16.7. The molecule has 0 aliphatic carbocycles. The van der Waals surface area contributed by atoms with Gasteiger partial charge in [0.05, 0.1) is 35.2 Å². The summed E-state index contributed by atoms with van der Waals surface area (Å²) >= 11 is 0. The highest BCUT2D eigenvalue weighted by molar-refractivity contribution is 6.19. The molecule has 1 aromatic heterocycles. The Bertz CT molecular complexity index is 2960. The number of rotatable bonds is 5. The van der Waals surface area contributed by atoms with Gasteiger partial charge in [0.25, 0.3) is 11.7 Å². The number of aromatic hydroxyl groups is 2. The van der Waals surface area contributed by atoms with Crippen molar-refractivity contribution >= 4 is 45.0 Å². The number of ether oxygens (including phenoxy) is 3. The minimum atomic E-state index is -1.88.